The topological polar surface area (TPSA) is 118 Å². The van der Waals surface area contributed by atoms with Gasteiger partial charge in [-0.05, 0) is 46.2 Å². The zero-order valence-electron chi connectivity index (χ0n) is 17.8. The molecule has 3 heterocycles. The van der Waals surface area contributed by atoms with Crippen LogP contribution in [-0.4, -0.2) is 39.2 Å². The van der Waals surface area contributed by atoms with E-state index in [1.165, 1.54) is 11.3 Å². The highest BCUT2D eigenvalue weighted by molar-refractivity contribution is 8.00. The number of hydrogen-bond donors (Lipinski definition) is 1. The molecule has 0 aliphatic carbocycles. The summed E-state index contributed by atoms with van der Waals surface area (Å²) in [6, 6.07) is 3.99. The van der Waals surface area contributed by atoms with Crippen molar-refractivity contribution in [3.63, 3.8) is 0 Å². The van der Waals surface area contributed by atoms with E-state index in [2.05, 4.69) is 26.3 Å². The number of rotatable bonds is 6. The summed E-state index contributed by atoms with van der Waals surface area (Å²) in [5, 5.41) is 13.4. The summed E-state index contributed by atoms with van der Waals surface area (Å²) in [5.41, 5.74) is 3.07. The van der Waals surface area contributed by atoms with E-state index in [-0.39, 0.29) is 18.3 Å². The van der Waals surface area contributed by atoms with Gasteiger partial charge >= 0.3 is 5.97 Å². The zero-order chi connectivity index (χ0) is 22.7. The monoisotopic (exact) mass is 455 g/mol. The second kappa shape index (κ2) is 9.41. The molecule has 1 N–H and O–H groups in total. The molecule has 0 spiro atoms. The summed E-state index contributed by atoms with van der Waals surface area (Å²) in [6.07, 6.45) is 0. The Morgan fingerprint density at radius 3 is 2.65 bits per heavy atom. The van der Waals surface area contributed by atoms with Crippen molar-refractivity contribution in [1.82, 2.24) is 15.0 Å². The number of nitrogens with one attached hydrogen (secondary N) is 1. The minimum Gasteiger partial charge on any atom is -0.462 e. The van der Waals surface area contributed by atoms with Crippen molar-refractivity contribution < 1.29 is 14.3 Å². The van der Waals surface area contributed by atoms with Gasteiger partial charge in [0, 0.05) is 11.1 Å². The van der Waals surface area contributed by atoms with E-state index in [4.69, 9.17) is 4.74 Å². The molecule has 0 aliphatic rings. The molecule has 0 bridgehead atoms. The van der Waals surface area contributed by atoms with E-state index in [0.29, 0.717) is 37.5 Å². The standard InChI is InChI=1S/C21H21N5O3S2/c1-6-29-21(28)18-17(16-10(2)7-11(3)23-20(16)31-18)26-15(27)9-30-19-14(8-22)12(4)24-13(5)25-19/h7H,6,9H2,1-5H3,(H,26,27). The maximum atomic E-state index is 12.8. The number of carbonyl (C=O) groups is 2. The number of thioether (sulfide) groups is 1. The highest BCUT2D eigenvalue weighted by atomic mass is 32.2. The van der Waals surface area contributed by atoms with Crippen LogP contribution >= 0.6 is 23.1 Å². The number of anilines is 1. The number of hydrogen-bond acceptors (Lipinski definition) is 9. The largest absolute Gasteiger partial charge is 0.462 e. The van der Waals surface area contributed by atoms with Crippen LogP contribution in [-0.2, 0) is 9.53 Å². The van der Waals surface area contributed by atoms with Crippen LogP contribution < -0.4 is 5.32 Å². The predicted molar refractivity (Wildman–Crippen MR) is 121 cm³/mol. The third-order valence-electron chi connectivity index (χ3n) is 4.33. The number of aryl methyl sites for hydroxylation is 4. The van der Waals surface area contributed by atoms with Gasteiger partial charge in [0.15, 0.2) is 0 Å². The molecule has 1 amide bonds. The molecule has 0 unspecified atom stereocenters. The van der Waals surface area contributed by atoms with Crippen molar-refractivity contribution in [2.75, 3.05) is 17.7 Å². The first-order valence-corrected chi connectivity index (χ1v) is 11.3. The van der Waals surface area contributed by atoms with Crippen LogP contribution in [0, 0.1) is 39.0 Å². The van der Waals surface area contributed by atoms with E-state index >= 15 is 0 Å². The Balaban J connectivity index is 1.91. The van der Waals surface area contributed by atoms with E-state index in [9.17, 15) is 14.9 Å². The molecule has 0 aromatic carbocycles. The lowest BCUT2D eigenvalue weighted by molar-refractivity contribution is -0.113. The first-order chi connectivity index (χ1) is 14.7. The number of amides is 1. The molecule has 0 atom stereocenters. The first kappa shape index (κ1) is 22.7. The van der Waals surface area contributed by atoms with Gasteiger partial charge in [0.25, 0.3) is 0 Å². The minimum atomic E-state index is -0.501. The molecule has 160 valence electrons. The average Bonchev–Trinajstić information content (AvgIpc) is 3.04. The summed E-state index contributed by atoms with van der Waals surface area (Å²) in [6.45, 7) is 9.22. The molecule has 10 heteroatoms. The molecule has 0 saturated carbocycles. The predicted octanol–water partition coefficient (Wildman–Crippen LogP) is 4.10. The van der Waals surface area contributed by atoms with Crippen LogP contribution in [0.1, 0.15) is 44.9 Å². The van der Waals surface area contributed by atoms with Crippen molar-refractivity contribution >= 4 is 50.9 Å². The third kappa shape index (κ3) is 4.84. The zero-order valence-corrected chi connectivity index (χ0v) is 19.5. The molecule has 3 rings (SSSR count). The number of aromatic nitrogens is 3. The molecule has 0 fully saturated rings. The number of esters is 1. The number of carbonyl (C=O) groups excluding carboxylic acids is 2. The van der Waals surface area contributed by atoms with Gasteiger partial charge in [0.1, 0.15) is 32.2 Å². The molecule has 3 aromatic heterocycles. The second-order valence-electron chi connectivity index (χ2n) is 6.77. The van der Waals surface area contributed by atoms with Gasteiger partial charge in [0.2, 0.25) is 5.91 Å². The maximum Gasteiger partial charge on any atom is 0.350 e. The molecule has 8 nitrogen and oxygen atoms in total. The molecule has 0 radical (unpaired) electrons. The van der Waals surface area contributed by atoms with Gasteiger partial charge in [-0.15, -0.1) is 11.3 Å². The van der Waals surface area contributed by atoms with Gasteiger partial charge in [-0.2, -0.15) is 5.26 Å². The smallest absolute Gasteiger partial charge is 0.350 e. The molecular weight excluding hydrogens is 434 g/mol. The summed E-state index contributed by atoms with van der Waals surface area (Å²) < 4.78 is 5.17. The lowest BCUT2D eigenvalue weighted by Gasteiger charge is -2.09. The second-order valence-corrected chi connectivity index (χ2v) is 8.74. The van der Waals surface area contributed by atoms with Crippen LogP contribution in [0.15, 0.2) is 11.1 Å². The van der Waals surface area contributed by atoms with Gasteiger partial charge < -0.3 is 10.1 Å². The van der Waals surface area contributed by atoms with Crippen molar-refractivity contribution in [3.05, 3.63) is 39.3 Å². The van der Waals surface area contributed by atoms with E-state index in [1.54, 1.807) is 20.8 Å². The number of fused-ring (bicyclic) bond motifs is 1. The normalized spacial score (nSPS) is 10.7. The Morgan fingerprint density at radius 2 is 1.97 bits per heavy atom. The summed E-state index contributed by atoms with van der Waals surface area (Å²) >= 11 is 2.35. The SMILES string of the molecule is CCOC(=O)c1sc2nc(C)cc(C)c2c1NC(=O)CSc1nc(C)nc(C)c1C#N. The van der Waals surface area contributed by atoms with Gasteiger partial charge in [-0.25, -0.2) is 19.7 Å². The van der Waals surface area contributed by atoms with Crippen molar-refractivity contribution in [2.24, 2.45) is 0 Å². The maximum absolute atomic E-state index is 12.8. The van der Waals surface area contributed by atoms with Crippen molar-refractivity contribution in [1.29, 1.82) is 5.26 Å². The van der Waals surface area contributed by atoms with E-state index in [0.717, 1.165) is 28.4 Å². The highest BCUT2D eigenvalue weighted by Crippen LogP contribution is 2.38. The van der Waals surface area contributed by atoms with Gasteiger partial charge in [-0.1, -0.05) is 11.8 Å². The number of ether oxygens (including phenoxy) is 1. The van der Waals surface area contributed by atoms with Crippen LogP contribution in [0.3, 0.4) is 0 Å². The number of nitrogens with zero attached hydrogens (tertiary/aromatic N) is 4. The van der Waals surface area contributed by atoms with Crippen molar-refractivity contribution in [3.8, 4) is 6.07 Å². The Kier molecular flexibility index (Phi) is 6.87. The van der Waals surface area contributed by atoms with Crippen molar-refractivity contribution in [2.45, 2.75) is 39.6 Å². The summed E-state index contributed by atoms with van der Waals surface area (Å²) in [5.74, 6) is -0.278. The van der Waals surface area contributed by atoms with Crippen LogP contribution in [0.4, 0.5) is 5.69 Å². The number of thiophene rings is 1. The minimum absolute atomic E-state index is 0.0164. The van der Waals surface area contributed by atoms with Gasteiger partial charge in [0.05, 0.1) is 23.7 Å². The fraction of sp³-hybridized carbons (Fsp3) is 0.333. The van der Waals surface area contributed by atoms with Gasteiger partial charge in [-0.3, -0.25) is 4.79 Å². The molecular formula is C21H21N5O3S2. The lowest BCUT2D eigenvalue weighted by atomic mass is 10.1. The van der Waals surface area contributed by atoms with E-state index in [1.807, 2.05) is 19.9 Å². The Labute approximate surface area is 188 Å². The fourth-order valence-corrected chi connectivity index (χ4v) is 5.14. The number of pyridine rings is 1. The Hall–Kier alpha value is -3.03. The number of nitriles is 1. The Morgan fingerprint density at radius 1 is 1.23 bits per heavy atom. The van der Waals surface area contributed by atoms with Crippen LogP contribution in [0.25, 0.3) is 10.2 Å². The fourth-order valence-electron chi connectivity index (χ4n) is 3.13. The molecule has 3 aromatic rings. The Bertz CT molecular complexity index is 1230. The highest BCUT2D eigenvalue weighted by Gasteiger charge is 2.24. The first-order valence-electron chi connectivity index (χ1n) is 9.51. The lowest BCUT2D eigenvalue weighted by Crippen LogP contribution is -2.17. The average molecular weight is 456 g/mol. The third-order valence-corrected chi connectivity index (χ3v) is 6.37. The van der Waals surface area contributed by atoms with Crippen LogP contribution in [0.5, 0.6) is 0 Å². The molecule has 0 aliphatic heterocycles. The summed E-state index contributed by atoms with van der Waals surface area (Å²) in [4.78, 5) is 39.2. The summed E-state index contributed by atoms with van der Waals surface area (Å²) in [7, 11) is 0. The molecule has 0 saturated heterocycles. The van der Waals surface area contributed by atoms with Crippen LogP contribution in [0.2, 0.25) is 0 Å². The molecule has 31 heavy (non-hydrogen) atoms. The van der Waals surface area contributed by atoms with E-state index < -0.39 is 5.97 Å². The quantitative estimate of drug-likeness (QED) is 0.335.